The van der Waals surface area contributed by atoms with E-state index >= 15 is 0 Å². The van der Waals surface area contributed by atoms with Crippen LogP contribution in [0, 0.1) is 0 Å². The lowest BCUT2D eigenvalue weighted by molar-refractivity contribution is -0.132. The molecule has 1 aromatic rings. The van der Waals surface area contributed by atoms with Gasteiger partial charge in [0.25, 0.3) is 0 Å². The molecule has 0 spiro atoms. The fraction of sp³-hybridized carbons (Fsp3) is 0.308. The highest BCUT2D eigenvalue weighted by Crippen LogP contribution is 2.42. The molecule has 1 heterocycles. The average molecular weight is 215 g/mol. The summed E-state index contributed by atoms with van der Waals surface area (Å²) in [5.74, 6) is -0.766. The Bertz CT molecular complexity index is 490. The molecule has 2 N–H and O–H groups in total. The van der Waals surface area contributed by atoms with Crippen molar-refractivity contribution in [2.24, 2.45) is 0 Å². The molecule has 0 bridgehead atoms. The summed E-state index contributed by atoms with van der Waals surface area (Å²) in [5.41, 5.74) is 3.75. The van der Waals surface area contributed by atoms with E-state index < -0.39 is 5.97 Å². The van der Waals surface area contributed by atoms with Crippen LogP contribution in [-0.2, 0) is 4.79 Å². The van der Waals surface area contributed by atoms with Gasteiger partial charge in [-0.25, -0.2) is 4.79 Å². The monoisotopic (exact) mass is 215 g/mol. The standard InChI is InChI=1S/C13H13NO2/c15-13(16)9-5-3-7-11-12(9)8-4-1-2-6-10(8)14-11/h1-2,4,6,11,14H,3,5,7H2,(H,15,16). The van der Waals surface area contributed by atoms with Crippen molar-refractivity contribution in [1.82, 2.24) is 0 Å². The largest absolute Gasteiger partial charge is 0.478 e. The lowest BCUT2D eigenvalue weighted by Crippen LogP contribution is -2.21. The number of anilines is 1. The Kier molecular flexibility index (Phi) is 1.99. The third-order valence-electron chi connectivity index (χ3n) is 3.40. The van der Waals surface area contributed by atoms with Crippen molar-refractivity contribution in [2.75, 3.05) is 5.32 Å². The fourth-order valence-corrected chi connectivity index (χ4v) is 2.72. The second-order valence-electron chi connectivity index (χ2n) is 4.33. The predicted octanol–water partition coefficient (Wildman–Crippen LogP) is 2.50. The Balaban J connectivity index is 2.20. The Labute approximate surface area is 93.8 Å². The second kappa shape index (κ2) is 3.37. The highest BCUT2D eigenvalue weighted by molar-refractivity contribution is 6.02. The van der Waals surface area contributed by atoms with E-state index in [4.69, 9.17) is 0 Å². The molecule has 0 aromatic heterocycles. The van der Waals surface area contributed by atoms with Crippen LogP contribution in [0.3, 0.4) is 0 Å². The normalized spacial score (nSPS) is 22.4. The summed E-state index contributed by atoms with van der Waals surface area (Å²) in [7, 11) is 0. The van der Waals surface area contributed by atoms with E-state index in [2.05, 4.69) is 5.32 Å². The third kappa shape index (κ3) is 1.24. The molecule has 0 saturated heterocycles. The molecule has 3 rings (SSSR count). The number of carboxylic acids is 1. The van der Waals surface area contributed by atoms with Crippen LogP contribution in [0.5, 0.6) is 0 Å². The van der Waals surface area contributed by atoms with Gasteiger partial charge in [-0.15, -0.1) is 0 Å². The van der Waals surface area contributed by atoms with E-state index in [0.29, 0.717) is 12.0 Å². The van der Waals surface area contributed by atoms with Crippen LogP contribution in [0.1, 0.15) is 24.8 Å². The molecule has 3 heteroatoms. The molecule has 1 aromatic carbocycles. The predicted molar refractivity (Wildman–Crippen MR) is 62.3 cm³/mol. The zero-order chi connectivity index (χ0) is 11.1. The van der Waals surface area contributed by atoms with Crippen molar-refractivity contribution >= 4 is 17.2 Å². The average Bonchev–Trinajstić information content (AvgIpc) is 2.66. The Morgan fingerprint density at radius 1 is 1.38 bits per heavy atom. The maximum atomic E-state index is 11.2. The number of aliphatic carboxylic acids is 1. The molecule has 0 saturated carbocycles. The van der Waals surface area contributed by atoms with E-state index in [1.54, 1.807) is 0 Å². The minimum Gasteiger partial charge on any atom is -0.478 e. The summed E-state index contributed by atoms with van der Waals surface area (Å²) >= 11 is 0. The summed E-state index contributed by atoms with van der Waals surface area (Å²) < 4.78 is 0. The van der Waals surface area contributed by atoms with Gasteiger partial charge < -0.3 is 10.4 Å². The van der Waals surface area contributed by atoms with Crippen molar-refractivity contribution in [3.05, 3.63) is 35.4 Å². The lowest BCUT2D eigenvalue weighted by Gasteiger charge is -2.21. The van der Waals surface area contributed by atoms with Crippen LogP contribution in [0.2, 0.25) is 0 Å². The highest BCUT2D eigenvalue weighted by Gasteiger charge is 2.33. The molecular weight excluding hydrogens is 202 g/mol. The Hall–Kier alpha value is -1.77. The van der Waals surface area contributed by atoms with Crippen LogP contribution in [0.25, 0.3) is 5.57 Å². The van der Waals surface area contributed by atoms with Gasteiger partial charge in [-0.05, 0) is 30.9 Å². The first-order valence-electron chi connectivity index (χ1n) is 5.59. The number of nitrogens with one attached hydrogen (secondary N) is 1. The number of benzene rings is 1. The maximum absolute atomic E-state index is 11.2. The molecule has 16 heavy (non-hydrogen) atoms. The molecule has 3 nitrogen and oxygen atoms in total. The van der Waals surface area contributed by atoms with Crippen molar-refractivity contribution in [3.63, 3.8) is 0 Å². The van der Waals surface area contributed by atoms with Crippen molar-refractivity contribution in [1.29, 1.82) is 0 Å². The zero-order valence-corrected chi connectivity index (χ0v) is 8.86. The molecule has 0 fully saturated rings. The number of hydrogen-bond acceptors (Lipinski definition) is 2. The first-order valence-corrected chi connectivity index (χ1v) is 5.59. The summed E-state index contributed by atoms with van der Waals surface area (Å²) in [4.78, 5) is 11.2. The van der Waals surface area contributed by atoms with Crippen molar-refractivity contribution < 1.29 is 9.90 Å². The number of fused-ring (bicyclic) bond motifs is 3. The first-order chi connectivity index (χ1) is 7.77. The van der Waals surface area contributed by atoms with Gasteiger partial charge in [0.15, 0.2) is 0 Å². The first kappa shape index (κ1) is 9.46. The van der Waals surface area contributed by atoms with Gasteiger partial charge >= 0.3 is 5.97 Å². The van der Waals surface area contributed by atoms with Gasteiger partial charge in [0, 0.05) is 16.8 Å². The summed E-state index contributed by atoms with van der Waals surface area (Å²) in [6, 6.07) is 8.16. The van der Waals surface area contributed by atoms with Crippen LogP contribution in [0.15, 0.2) is 29.8 Å². The van der Waals surface area contributed by atoms with E-state index in [1.807, 2.05) is 24.3 Å². The van der Waals surface area contributed by atoms with Gasteiger partial charge in [-0.1, -0.05) is 18.2 Å². The molecule has 2 aliphatic rings. The summed E-state index contributed by atoms with van der Waals surface area (Å²) in [6.07, 6.45) is 2.68. The summed E-state index contributed by atoms with van der Waals surface area (Å²) in [6.45, 7) is 0. The topological polar surface area (TPSA) is 49.3 Å². The number of hydrogen-bond donors (Lipinski definition) is 2. The Morgan fingerprint density at radius 2 is 2.19 bits per heavy atom. The van der Waals surface area contributed by atoms with Crippen LogP contribution >= 0.6 is 0 Å². The van der Waals surface area contributed by atoms with E-state index in [0.717, 1.165) is 29.7 Å². The number of rotatable bonds is 1. The minimum atomic E-state index is -0.766. The van der Waals surface area contributed by atoms with Crippen LogP contribution in [0.4, 0.5) is 5.69 Å². The number of para-hydroxylation sites is 1. The second-order valence-corrected chi connectivity index (χ2v) is 4.33. The van der Waals surface area contributed by atoms with E-state index in [-0.39, 0.29) is 6.04 Å². The number of carbonyl (C=O) groups is 1. The third-order valence-corrected chi connectivity index (χ3v) is 3.40. The molecular formula is C13H13NO2. The van der Waals surface area contributed by atoms with Crippen LogP contribution in [-0.4, -0.2) is 17.1 Å². The molecule has 1 atom stereocenters. The quantitative estimate of drug-likeness (QED) is 0.756. The zero-order valence-electron chi connectivity index (χ0n) is 8.86. The molecule has 1 aliphatic carbocycles. The van der Waals surface area contributed by atoms with Gasteiger partial charge in [-0.3, -0.25) is 0 Å². The fourth-order valence-electron chi connectivity index (χ4n) is 2.72. The van der Waals surface area contributed by atoms with Gasteiger partial charge in [0.05, 0.1) is 6.04 Å². The molecule has 1 unspecified atom stereocenters. The molecule has 1 aliphatic heterocycles. The van der Waals surface area contributed by atoms with Gasteiger partial charge in [-0.2, -0.15) is 0 Å². The molecule has 0 radical (unpaired) electrons. The van der Waals surface area contributed by atoms with E-state index in [1.165, 1.54) is 0 Å². The van der Waals surface area contributed by atoms with Gasteiger partial charge in [0.2, 0.25) is 0 Å². The van der Waals surface area contributed by atoms with Crippen LogP contribution < -0.4 is 5.32 Å². The molecule has 0 amide bonds. The van der Waals surface area contributed by atoms with E-state index in [9.17, 15) is 9.90 Å². The number of carboxylic acid groups (broad SMARTS) is 1. The highest BCUT2D eigenvalue weighted by atomic mass is 16.4. The van der Waals surface area contributed by atoms with Crippen molar-refractivity contribution in [3.8, 4) is 0 Å². The summed E-state index contributed by atoms with van der Waals surface area (Å²) in [5, 5.41) is 12.6. The minimum absolute atomic E-state index is 0.206. The SMILES string of the molecule is O=C(O)C1=C2c3ccccc3NC2CCC1. The van der Waals surface area contributed by atoms with Gasteiger partial charge in [0.1, 0.15) is 0 Å². The molecule has 82 valence electrons. The van der Waals surface area contributed by atoms with Crippen molar-refractivity contribution in [2.45, 2.75) is 25.3 Å². The lowest BCUT2D eigenvalue weighted by atomic mass is 9.86. The maximum Gasteiger partial charge on any atom is 0.331 e. The smallest absolute Gasteiger partial charge is 0.331 e. The Morgan fingerprint density at radius 3 is 3.00 bits per heavy atom.